The molecule has 21 heteroatoms. The topological polar surface area (TPSA) is 180 Å². The van der Waals surface area contributed by atoms with Crippen LogP contribution in [0.4, 0.5) is 45.0 Å². The molecular formula is C49H53F5N10O6. The number of anilines is 4. The smallest absolute Gasteiger partial charge is 0.384 e. The van der Waals surface area contributed by atoms with Crippen LogP contribution in [0.1, 0.15) is 95.4 Å². The summed E-state index contributed by atoms with van der Waals surface area (Å²) in [6.45, 7) is 7.13. The maximum atomic E-state index is 16.1. The number of benzene rings is 3. The number of imide groups is 2. The number of nitrogens with one attached hydrogen (secondary N) is 3. The number of halogens is 5. The summed E-state index contributed by atoms with van der Waals surface area (Å²) < 4.78 is 71.8. The van der Waals surface area contributed by atoms with E-state index < -0.39 is 64.5 Å². The summed E-state index contributed by atoms with van der Waals surface area (Å²) in [5.41, 5.74) is -0.773. The molecule has 3 saturated heterocycles. The molecule has 3 N–H and O–H groups in total. The minimum Gasteiger partial charge on any atom is -0.384 e. The van der Waals surface area contributed by atoms with E-state index in [1.54, 1.807) is 23.1 Å². The van der Waals surface area contributed by atoms with Crippen LogP contribution < -0.4 is 25.8 Å². The van der Waals surface area contributed by atoms with Gasteiger partial charge in [0.2, 0.25) is 23.7 Å². The fourth-order valence-corrected chi connectivity index (χ4v) is 9.46. The lowest BCUT2D eigenvalue weighted by atomic mass is 10.0. The van der Waals surface area contributed by atoms with Gasteiger partial charge in [0.15, 0.2) is 0 Å². The first kappa shape index (κ1) is 49.4. The number of hydrogen-bond acceptors (Lipinski definition) is 12. The third-order valence-electron chi connectivity index (χ3n) is 13.5. The van der Waals surface area contributed by atoms with Gasteiger partial charge >= 0.3 is 6.18 Å². The average Bonchev–Trinajstić information content (AvgIpc) is 3.58. The van der Waals surface area contributed by atoms with Gasteiger partial charge in [-0.2, -0.15) is 13.2 Å². The second kappa shape index (κ2) is 20.5. The predicted molar refractivity (Wildman–Crippen MR) is 249 cm³/mol. The summed E-state index contributed by atoms with van der Waals surface area (Å²) in [6, 6.07) is 8.30. The highest BCUT2D eigenvalue weighted by atomic mass is 19.4. The Bertz CT molecular complexity index is 2680. The highest BCUT2D eigenvalue weighted by Crippen LogP contribution is 2.38. The Hall–Kier alpha value is -7.03. The Morgan fingerprint density at radius 2 is 1.51 bits per heavy atom. The van der Waals surface area contributed by atoms with Crippen molar-refractivity contribution in [2.75, 3.05) is 73.3 Å². The fraction of sp³-hybridized carbons (Fsp3) is 0.429. The molecule has 3 fully saturated rings. The van der Waals surface area contributed by atoms with Gasteiger partial charge in [0.1, 0.15) is 17.7 Å². The summed E-state index contributed by atoms with van der Waals surface area (Å²) in [5.74, 6) is -4.85. The zero-order valence-corrected chi connectivity index (χ0v) is 38.9. The van der Waals surface area contributed by atoms with E-state index in [9.17, 15) is 46.3 Å². The summed E-state index contributed by atoms with van der Waals surface area (Å²) in [5, 5.41) is 8.00. The van der Waals surface area contributed by atoms with Crippen LogP contribution in [0.2, 0.25) is 0 Å². The van der Waals surface area contributed by atoms with Crippen LogP contribution in [0.25, 0.3) is 11.1 Å². The number of hydrogen-bond donors (Lipinski definition) is 3. The third-order valence-corrected chi connectivity index (χ3v) is 13.5. The Balaban J connectivity index is 0.830. The Morgan fingerprint density at radius 1 is 0.814 bits per heavy atom. The highest BCUT2D eigenvalue weighted by molar-refractivity contribution is 6.25. The Labute approximate surface area is 400 Å². The average molecular weight is 973 g/mol. The van der Waals surface area contributed by atoms with Gasteiger partial charge in [0, 0.05) is 99.9 Å². The first-order valence-electron chi connectivity index (χ1n) is 23.3. The van der Waals surface area contributed by atoms with Crippen LogP contribution in [0, 0.1) is 11.6 Å². The summed E-state index contributed by atoms with van der Waals surface area (Å²) in [6.07, 6.45) is 1.31. The SMILES string of the molecule is C[C@@H]1CN(c2cc(F)c(-c3cnc(N4CCN(C(=O)CCCCCCNc5cccc6c5C(=O)N(C5CCC(=O)NC5=O)C6=O)CC4)nc3)cc2NC(=O)c2ccc(F)cc2C(F)(F)F)C[C@H](C)N1C. The summed E-state index contributed by atoms with van der Waals surface area (Å²) in [4.78, 5) is 94.8. The zero-order chi connectivity index (χ0) is 50.0. The van der Waals surface area contributed by atoms with Gasteiger partial charge in [-0.25, -0.2) is 18.7 Å². The van der Waals surface area contributed by atoms with Gasteiger partial charge in [0.05, 0.1) is 33.6 Å². The molecule has 1 aromatic heterocycles. The molecule has 1 unspecified atom stereocenters. The molecule has 4 aliphatic heterocycles. The summed E-state index contributed by atoms with van der Waals surface area (Å²) >= 11 is 0. The number of likely N-dealkylation sites (N-methyl/N-ethyl adjacent to an activating group) is 1. The normalized spacial score (nSPS) is 19.9. The standard InChI is InChI=1S/C49H53F5N10O6/c1-28-26-63(27-29(2)60(28)3)40-23-36(51)34(22-38(40)58-44(67)32-13-12-31(50)21-35(32)49(52,53)54)30-24-56-48(57-25-30)62-19-17-61(18-20-62)42(66)11-6-4-5-7-16-55-37-10-8-9-33-43(37)47(70)64(46(33)69)39-14-15-41(65)59-45(39)68/h8-10,12-13,21-25,28-29,39,55H,4-7,11,14-20,26-27H2,1-3H3,(H,58,67)(H,59,65,68)/t28-,29+,39?. The van der Waals surface area contributed by atoms with Gasteiger partial charge < -0.3 is 25.3 Å². The molecule has 4 aliphatic rings. The molecule has 8 rings (SSSR count). The van der Waals surface area contributed by atoms with Crippen molar-refractivity contribution in [3.05, 3.63) is 94.8 Å². The molecule has 370 valence electrons. The van der Waals surface area contributed by atoms with E-state index >= 15 is 4.39 Å². The van der Waals surface area contributed by atoms with Crippen molar-refractivity contribution in [2.45, 2.75) is 83.1 Å². The molecule has 0 radical (unpaired) electrons. The molecule has 5 heterocycles. The molecule has 0 spiro atoms. The van der Waals surface area contributed by atoms with Crippen molar-refractivity contribution < 1.29 is 50.7 Å². The molecule has 6 amide bonds. The van der Waals surface area contributed by atoms with Crippen molar-refractivity contribution in [1.82, 2.24) is 30.0 Å². The monoisotopic (exact) mass is 972 g/mol. The minimum atomic E-state index is -5.02. The number of aromatic nitrogens is 2. The first-order chi connectivity index (χ1) is 33.4. The van der Waals surface area contributed by atoms with Crippen molar-refractivity contribution in [1.29, 1.82) is 0 Å². The minimum absolute atomic E-state index is 0.00344. The van der Waals surface area contributed by atoms with Gasteiger partial charge in [-0.05, 0) is 82.6 Å². The molecule has 0 bridgehead atoms. The number of unbranched alkanes of at least 4 members (excludes halogenated alkanes) is 3. The van der Waals surface area contributed by atoms with Crippen molar-refractivity contribution in [3.63, 3.8) is 0 Å². The molecule has 16 nitrogen and oxygen atoms in total. The van der Waals surface area contributed by atoms with Gasteiger partial charge in [0.25, 0.3) is 17.7 Å². The van der Waals surface area contributed by atoms with Crippen molar-refractivity contribution in [3.8, 4) is 11.1 Å². The number of alkyl halides is 3. The van der Waals surface area contributed by atoms with E-state index in [1.807, 2.05) is 30.7 Å². The van der Waals surface area contributed by atoms with Crippen molar-refractivity contribution in [2.24, 2.45) is 0 Å². The van der Waals surface area contributed by atoms with Gasteiger partial charge in [-0.1, -0.05) is 18.9 Å². The number of carbonyl (C=O) groups excluding carboxylic acids is 6. The Kier molecular flexibility index (Phi) is 14.5. The van der Waals surface area contributed by atoms with E-state index in [4.69, 9.17) is 0 Å². The largest absolute Gasteiger partial charge is 0.417 e. The lowest BCUT2D eigenvalue weighted by Gasteiger charge is -2.44. The van der Waals surface area contributed by atoms with E-state index in [1.165, 1.54) is 24.5 Å². The highest BCUT2D eigenvalue weighted by Gasteiger charge is 2.46. The number of piperazine rings is 2. The molecule has 3 aromatic carbocycles. The van der Waals surface area contributed by atoms with E-state index in [0.717, 1.165) is 36.3 Å². The molecular weight excluding hydrogens is 920 g/mol. The van der Waals surface area contributed by atoms with Crippen LogP contribution in [0.15, 0.2) is 60.9 Å². The molecule has 0 saturated carbocycles. The number of rotatable bonds is 14. The fourth-order valence-electron chi connectivity index (χ4n) is 9.46. The Morgan fingerprint density at radius 3 is 2.20 bits per heavy atom. The van der Waals surface area contributed by atoms with Crippen LogP contribution in [0.5, 0.6) is 0 Å². The lowest BCUT2D eigenvalue weighted by molar-refractivity contribution is -0.138. The maximum Gasteiger partial charge on any atom is 0.417 e. The lowest BCUT2D eigenvalue weighted by Crippen LogP contribution is -2.55. The number of fused-ring (bicyclic) bond motifs is 1. The van der Waals surface area contributed by atoms with Gasteiger partial charge in [-0.15, -0.1) is 0 Å². The first-order valence-corrected chi connectivity index (χ1v) is 23.3. The number of amides is 6. The second-order valence-electron chi connectivity index (χ2n) is 18.2. The molecule has 0 aliphatic carbocycles. The number of piperidine rings is 1. The molecule has 70 heavy (non-hydrogen) atoms. The van der Waals surface area contributed by atoms with Crippen LogP contribution in [-0.4, -0.2) is 131 Å². The second-order valence-corrected chi connectivity index (χ2v) is 18.2. The zero-order valence-electron chi connectivity index (χ0n) is 38.9. The van der Waals surface area contributed by atoms with E-state index in [2.05, 4.69) is 30.8 Å². The van der Waals surface area contributed by atoms with E-state index in [0.29, 0.717) is 70.3 Å². The number of nitrogens with zero attached hydrogens (tertiary/aromatic N) is 7. The van der Waals surface area contributed by atoms with Crippen LogP contribution >= 0.6 is 0 Å². The van der Waals surface area contributed by atoms with Gasteiger partial charge in [-0.3, -0.25) is 43.9 Å². The van der Waals surface area contributed by atoms with Crippen LogP contribution in [-0.2, 0) is 20.6 Å². The molecule has 3 atom stereocenters. The predicted octanol–water partition coefficient (Wildman–Crippen LogP) is 6.33. The maximum absolute atomic E-state index is 16.1. The van der Waals surface area contributed by atoms with E-state index in [-0.39, 0.29) is 70.5 Å². The molecule has 4 aromatic rings. The summed E-state index contributed by atoms with van der Waals surface area (Å²) in [7, 11) is 1.96. The number of carbonyl (C=O) groups is 6. The quantitative estimate of drug-likeness (QED) is 0.0727. The third kappa shape index (κ3) is 10.4. The van der Waals surface area contributed by atoms with Crippen molar-refractivity contribution >= 4 is 58.5 Å². The van der Waals surface area contributed by atoms with Crippen LogP contribution in [0.3, 0.4) is 0 Å².